The van der Waals surface area contributed by atoms with Gasteiger partial charge < -0.3 is 14.6 Å². The van der Waals surface area contributed by atoms with Gasteiger partial charge >= 0.3 is 12.0 Å². The first-order valence-electron chi connectivity index (χ1n) is 5.68. The first kappa shape index (κ1) is 10.5. The van der Waals surface area contributed by atoms with Crippen LogP contribution in [0.3, 0.4) is 0 Å². The summed E-state index contributed by atoms with van der Waals surface area (Å²) in [5.74, 6) is 1.57. The van der Waals surface area contributed by atoms with Gasteiger partial charge in [-0.1, -0.05) is 5.16 Å². The number of carbonyl (C=O) groups excluding carboxylic acids is 1. The molecular weight excluding hydrogens is 224 g/mol. The van der Waals surface area contributed by atoms with Crippen molar-refractivity contribution in [2.24, 2.45) is 11.8 Å². The van der Waals surface area contributed by atoms with E-state index in [9.17, 15) is 4.79 Å². The molecule has 1 saturated heterocycles. The van der Waals surface area contributed by atoms with E-state index in [1.54, 1.807) is 6.92 Å². The third kappa shape index (κ3) is 1.97. The van der Waals surface area contributed by atoms with Gasteiger partial charge in [0.15, 0.2) is 5.82 Å². The molecule has 0 radical (unpaired) electrons. The largest absolute Gasteiger partial charge is 0.381 e. The Hall–Kier alpha value is -1.63. The van der Waals surface area contributed by atoms with Crippen LogP contribution in [-0.2, 0) is 4.74 Å². The number of fused-ring (bicyclic) bond motifs is 1. The number of rotatable bonds is 2. The van der Waals surface area contributed by atoms with Gasteiger partial charge in [0, 0.05) is 18.6 Å². The fourth-order valence-electron chi connectivity index (χ4n) is 2.42. The first-order chi connectivity index (χ1) is 8.22. The van der Waals surface area contributed by atoms with E-state index in [1.807, 2.05) is 0 Å². The molecule has 0 aromatic carbocycles. The summed E-state index contributed by atoms with van der Waals surface area (Å²) in [7, 11) is 0. The lowest BCUT2D eigenvalue weighted by Crippen LogP contribution is -2.53. The number of ether oxygens (including phenoxy) is 1. The van der Waals surface area contributed by atoms with Gasteiger partial charge in [0.1, 0.15) is 0 Å². The molecule has 2 heterocycles. The molecular formula is C10H14N4O3. The molecule has 3 atom stereocenters. The molecule has 17 heavy (non-hydrogen) atoms. The number of hydrogen-bond donors (Lipinski definition) is 2. The molecule has 7 heteroatoms. The summed E-state index contributed by atoms with van der Waals surface area (Å²) in [5, 5.41) is 8.99. The third-order valence-corrected chi connectivity index (χ3v) is 3.39. The van der Waals surface area contributed by atoms with E-state index >= 15 is 0 Å². The molecule has 92 valence electrons. The summed E-state index contributed by atoms with van der Waals surface area (Å²) in [4.78, 5) is 15.5. The van der Waals surface area contributed by atoms with Gasteiger partial charge in [-0.2, -0.15) is 4.98 Å². The maximum absolute atomic E-state index is 11.6. The van der Waals surface area contributed by atoms with E-state index in [0.717, 1.165) is 19.6 Å². The highest BCUT2D eigenvalue weighted by Crippen LogP contribution is 2.39. The molecule has 3 rings (SSSR count). The van der Waals surface area contributed by atoms with Crippen LogP contribution in [0.2, 0.25) is 0 Å². The fourth-order valence-corrected chi connectivity index (χ4v) is 2.42. The Kier molecular flexibility index (Phi) is 2.47. The maximum atomic E-state index is 11.6. The molecule has 0 unspecified atom stereocenters. The maximum Gasteiger partial charge on any atom is 0.329 e. The van der Waals surface area contributed by atoms with Gasteiger partial charge in [0.25, 0.3) is 0 Å². The average Bonchev–Trinajstić information content (AvgIpc) is 2.82. The fraction of sp³-hybridized carbons (Fsp3) is 0.700. The van der Waals surface area contributed by atoms with Crippen molar-refractivity contribution in [2.45, 2.75) is 19.4 Å². The Morgan fingerprint density at radius 2 is 2.35 bits per heavy atom. The second-order valence-electron chi connectivity index (χ2n) is 4.55. The molecule has 1 aliphatic heterocycles. The molecule has 1 aliphatic carbocycles. The highest BCUT2D eigenvalue weighted by molar-refractivity contribution is 5.87. The summed E-state index contributed by atoms with van der Waals surface area (Å²) in [5.41, 5.74) is 0. The number of aromatic nitrogens is 2. The number of nitrogens with one attached hydrogen (secondary N) is 2. The van der Waals surface area contributed by atoms with Gasteiger partial charge in [0.2, 0.25) is 0 Å². The van der Waals surface area contributed by atoms with Gasteiger partial charge in [-0.05, 0) is 19.3 Å². The number of anilines is 1. The van der Waals surface area contributed by atoms with Crippen LogP contribution in [0.5, 0.6) is 0 Å². The average molecular weight is 238 g/mol. The van der Waals surface area contributed by atoms with Crippen LogP contribution in [0, 0.1) is 18.8 Å². The highest BCUT2D eigenvalue weighted by Gasteiger charge is 2.45. The second kappa shape index (κ2) is 3.99. The molecule has 2 aliphatic rings. The van der Waals surface area contributed by atoms with Crippen LogP contribution >= 0.6 is 0 Å². The minimum Gasteiger partial charge on any atom is -0.381 e. The summed E-state index contributed by atoms with van der Waals surface area (Å²) in [6.45, 7) is 3.27. The number of aryl methyl sites for hydroxylation is 1. The minimum atomic E-state index is -0.302. The van der Waals surface area contributed by atoms with Crippen LogP contribution in [0.1, 0.15) is 12.2 Å². The van der Waals surface area contributed by atoms with E-state index in [2.05, 4.69) is 20.8 Å². The Balaban J connectivity index is 1.51. The zero-order chi connectivity index (χ0) is 11.8. The van der Waals surface area contributed by atoms with Gasteiger partial charge in [-0.15, -0.1) is 0 Å². The first-order valence-corrected chi connectivity index (χ1v) is 5.68. The molecule has 1 saturated carbocycles. The lowest BCUT2D eigenvalue weighted by Gasteiger charge is -2.38. The minimum absolute atomic E-state index is 0.124. The van der Waals surface area contributed by atoms with Crippen molar-refractivity contribution in [3.05, 3.63) is 5.82 Å². The van der Waals surface area contributed by atoms with Crippen molar-refractivity contribution < 1.29 is 14.1 Å². The van der Waals surface area contributed by atoms with Gasteiger partial charge in [-0.25, -0.2) is 4.79 Å². The number of amides is 2. The van der Waals surface area contributed by atoms with Crippen LogP contribution in [0.15, 0.2) is 4.52 Å². The number of urea groups is 1. The van der Waals surface area contributed by atoms with Gasteiger partial charge in [0.05, 0.1) is 6.61 Å². The van der Waals surface area contributed by atoms with E-state index in [1.165, 1.54) is 0 Å². The van der Waals surface area contributed by atoms with Crippen molar-refractivity contribution in [1.29, 1.82) is 0 Å². The Bertz CT molecular complexity index is 433. The van der Waals surface area contributed by atoms with Crippen molar-refractivity contribution >= 4 is 12.0 Å². The van der Waals surface area contributed by atoms with Crippen molar-refractivity contribution in [1.82, 2.24) is 15.5 Å². The molecule has 0 bridgehead atoms. The zero-order valence-corrected chi connectivity index (χ0v) is 9.47. The van der Waals surface area contributed by atoms with E-state index < -0.39 is 0 Å². The monoisotopic (exact) mass is 238 g/mol. The Labute approximate surface area is 97.9 Å². The summed E-state index contributed by atoms with van der Waals surface area (Å²) in [6, 6.07) is 0.0223. The van der Waals surface area contributed by atoms with E-state index in [-0.39, 0.29) is 18.1 Å². The predicted octanol–water partition coefficient (Wildman–Crippen LogP) is 0.534. The van der Waals surface area contributed by atoms with Crippen LogP contribution in [0.25, 0.3) is 0 Å². The normalized spacial score (nSPS) is 30.5. The number of hydrogen-bond acceptors (Lipinski definition) is 5. The van der Waals surface area contributed by atoms with Crippen molar-refractivity contribution in [3.63, 3.8) is 0 Å². The van der Waals surface area contributed by atoms with Crippen LogP contribution in [0.4, 0.5) is 10.8 Å². The van der Waals surface area contributed by atoms with Crippen molar-refractivity contribution in [2.75, 3.05) is 18.5 Å². The van der Waals surface area contributed by atoms with Gasteiger partial charge in [-0.3, -0.25) is 5.32 Å². The summed E-state index contributed by atoms with van der Waals surface area (Å²) >= 11 is 0. The smallest absolute Gasteiger partial charge is 0.329 e. The molecule has 2 amide bonds. The lowest BCUT2D eigenvalue weighted by atomic mass is 9.71. The lowest BCUT2D eigenvalue weighted by molar-refractivity contribution is 0.159. The molecule has 2 N–H and O–H groups in total. The molecule has 7 nitrogen and oxygen atoms in total. The topological polar surface area (TPSA) is 89.3 Å². The van der Waals surface area contributed by atoms with E-state index in [4.69, 9.17) is 9.26 Å². The van der Waals surface area contributed by atoms with E-state index in [0.29, 0.717) is 17.7 Å². The highest BCUT2D eigenvalue weighted by atomic mass is 16.5. The van der Waals surface area contributed by atoms with Crippen LogP contribution in [-0.4, -0.2) is 35.4 Å². The number of nitrogens with zero attached hydrogens (tertiary/aromatic N) is 2. The number of carbonyl (C=O) groups is 1. The predicted molar refractivity (Wildman–Crippen MR) is 57.4 cm³/mol. The zero-order valence-electron chi connectivity index (χ0n) is 9.47. The molecule has 1 aromatic heterocycles. The third-order valence-electron chi connectivity index (χ3n) is 3.39. The molecule has 1 aromatic rings. The molecule has 0 spiro atoms. The summed E-state index contributed by atoms with van der Waals surface area (Å²) in [6.07, 6.45) is 0.987. The van der Waals surface area contributed by atoms with Crippen molar-refractivity contribution in [3.8, 4) is 0 Å². The Morgan fingerprint density at radius 1 is 1.47 bits per heavy atom. The quantitative estimate of drug-likeness (QED) is 0.784. The van der Waals surface area contributed by atoms with Crippen LogP contribution < -0.4 is 10.6 Å². The SMILES string of the molecule is Cc1noc(NC(=O)N[C@@H]2C[C@@H]3COC[C@@H]32)n1. The summed E-state index contributed by atoms with van der Waals surface area (Å²) < 4.78 is 10.1. The second-order valence-corrected chi connectivity index (χ2v) is 4.55. The Morgan fingerprint density at radius 3 is 3.06 bits per heavy atom. The standard InChI is InChI=1S/C10H14N4O3/c1-5-11-10(17-14-5)13-9(15)12-8-2-6-3-16-4-7(6)8/h6-8H,2-4H2,1H3,(H2,11,12,13,14,15)/t6-,7+,8-/m1/s1. The molecule has 2 fully saturated rings.